The van der Waals surface area contributed by atoms with Crippen LogP contribution in [0.5, 0.6) is 5.75 Å². The molecule has 0 fully saturated rings. The molecule has 0 heterocycles. The van der Waals surface area contributed by atoms with Crippen LogP contribution in [0.4, 0.5) is 0 Å². The third-order valence-corrected chi connectivity index (χ3v) is 2.86. The molecule has 0 spiro atoms. The minimum Gasteiger partial charge on any atom is -0.489 e. The van der Waals surface area contributed by atoms with E-state index in [1.165, 1.54) is 16.7 Å². The molecule has 0 bridgehead atoms. The van der Waals surface area contributed by atoms with E-state index in [1.54, 1.807) is 0 Å². The van der Waals surface area contributed by atoms with Crippen molar-refractivity contribution in [3.63, 3.8) is 0 Å². The Morgan fingerprint density at radius 2 is 1.32 bits per heavy atom. The molecule has 0 atom stereocenters. The van der Waals surface area contributed by atoms with E-state index >= 15 is 0 Å². The lowest BCUT2D eigenvalue weighted by Gasteiger charge is -2.07. The first-order valence-corrected chi connectivity index (χ1v) is 7.05. The summed E-state index contributed by atoms with van der Waals surface area (Å²) >= 11 is 0. The van der Waals surface area contributed by atoms with Crippen LogP contribution in [0.15, 0.2) is 48.5 Å². The summed E-state index contributed by atoms with van der Waals surface area (Å²) in [6.45, 7) is 8.88. The van der Waals surface area contributed by atoms with Crippen molar-refractivity contribution in [2.45, 2.75) is 40.7 Å². The number of hydrogen-bond acceptors (Lipinski definition) is 1. The second-order valence-corrected chi connectivity index (χ2v) is 4.27. The molecule has 0 N–H and O–H groups in total. The van der Waals surface area contributed by atoms with Crippen LogP contribution in [-0.4, -0.2) is 0 Å². The minimum atomic E-state index is 0.631. The molecule has 0 aromatic heterocycles. The summed E-state index contributed by atoms with van der Waals surface area (Å²) in [4.78, 5) is 0. The summed E-state index contributed by atoms with van der Waals surface area (Å²) in [6.07, 6.45) is 1.07. The van der Waals surface area contributed by atoms with Crippen molar-refractivity contribution >= 4 is 0 Å². The van der Waals surface area contributed by atoms with Gasteiger partial charge in [0.25, 0.3) is 0 Å². The minimum absolute atomic E-state index is 0.631. The van der Waals surface area contributed by atoms with E-state index in [0.717, 1.165) is 12.2 Å². The third kappa shape index (κ3) is 5.17. The molecular weight excluding hydrogens is 232 g/mol. The Morgan fingerprint density at radius 3 is 1.84 bits per heavy atom. The van der Waals surface area contributed by atoms with E-state index in [4.69, 9.17) is 4.74 Å². The highest BCUT2D eigenvalue weighted by Crippen LogP contribution is 2.14. The van der Waals surface area contributed by atoms with Gasteiger partial charge in [0, 0.05) is 0 Å². The molecule has 0 aliphatic carbocycles. The quantitative estimate of drug-likeness (QED) is 0.734. The second kappa shape index (κ2) is 8.36. The number of ether oxygens (including phenoxy) is 1. The summed E-state index contributed by atoms with van der Waals surface area (Å²) < 4.78 is 5.73. The van der Waals surface area contributed by atoms with Gasteiger partial charge in [-0.05, 0) is 36.6 Å². The van der Waals surface area contributed by atoms with Crippen LogP contribution in [0, 0.1) is 6.92 Å². The molecule has 2 aromatic rings. The van der Waals surface area contributed by atoms with Gasteiger partial charge in [-0.3, -0.25) is 0 Å². The van der Waals surface area contributed by atoms with E-state index < -0.39 is 0 Å². The van der Waals surface area contributed by atoms with E-state index in [1.807, 2.05) is 26.0 Å². The smallest absolute Gasteiger partial charge is 0.119 e. The fraction of sp³-hybridized carbons (Fsp3) is 0.333. The zero-order valence-electron chi connectivity index (χ0n) is 12.4. The van der Waals surface area contributed by atoms with Crippen molar-refractivity contribution in [2.75, 3.05) is 0 Å². The topological polar surface area (TPSA) is 9.23 Å². The molecule has 2 aromatic carbocycles. The first kappa shape index (κ1) is 15.3. The molecular formula is C18H24O. The van der Waals surface area contributed by atoms with Crippen LogP contribution in [0.3, 0.4) is 0 Å². The van der Waals surface area contributed by atoms with Crippen LogP contribution in [-0.2, 0) is 13.0 Å². The zero-order chi connectivity index (χ0) is 14.1. The van der Waals surface area contributed by atoms with Crippen LogP contribution in [0.2, 0.25) is 0 Å². The maximum atomic E-state index is 5.73. The van der Waals surface area contributed by atoms with Crippen LogP contribution in [0.25, 0.3) is 0 Å². The summed E-state index contributed by atoms with van der Waals surface area (Å²) in [5.74, 6) is 0.933. The number of benzene rings is 2. The van der Waals surface area contributed by atoms with Crippen molar-refractivity contribution in [1.82, 2.24) is 0 Å². The van der Waals surface area contributed by atoms with Crippen molar-refractivity contribution in [3.8, 4) is 5.75 Å². The van der Waals surface area contributed by atoms with E-state index in [9.17, 15) is 0 Å². The maximum absolute atomic E-state index is 5.73. The maximum Gasteiger partial charge on any atom is 0.119 e. The SMILES string of the molecule is CC.CCc1ccc(OCc2ccc(C)cc2)cc1. The summed E-state index contributed by atoms with van der Waals surface area (Å²) in [6, 6.07) is 16.7. The highest BCUT2D eigenvalue weighted by atomic mass is 16.5. The van der Waals surface area contributed by atoms with Gasteiger partial charge in [-0.15, -0.1) is 0 Å². The Labute approximate surface area is 117 Å². The Kier molecular flexibility index (Phi) is 6.73. The molecule has 0 radical (unpaired) electrons. The monoisotopic (exact) mass is 256 g/mol. The predicted molar refractivity (Wildman–Crippen MR) is 82.7 cm³/mol. The molecule has 1 nitrogen and oxygen atoms in total. The third-order valence-electron chi connectivity index (χ3n) is 2.86. The molecule has 0 amide bonds. The molecule has 2 rings (SSSR count). The number of hydrogen-bond donors (Lipinski definition) is 0. The van der Waals surface area contributed by atoms with Gasteiger partial charge in [-0.2, -0.15) is 0 Å². The average Bonchev–Trinajstić information content (AvgIpc) is 2.49. The lowest BCUT2D eigenvalue weighted by Crippen LogP contribution is -1.95. The highest BCUT2D eigenvalue weighted by Gasteiger charge is 1.96. The summed E-state index contributed by atoms with van der Waals surface area (Å²) in [5.41, 5.74) is 3.82. The van der Waals surface area contributed by atoms with Crippen molar-refractivity contribution in [2.24, 2.45) is 0 Å². The van der Waals surface area contributed by atoms with Gasteiger partial charge in [0.05, 0.1) is 0 Å². The zero-order valence-corrected chi connectivity index (χ0v) is 12.4. The molecule has 1 heteroatoms. The Morgan fingerprint density at radius 1 is 0.789 bits per heavy atom. The molecule has 0 unspecified atom stereocenters. The summed E-state index contributed by atoms with van der Waals surface area (Å²) in [5, 5.41) is 0. The first-order chi connectivity index (χ1) is 9.28. The Bertz CT molecular complexity index is 454. The van der Waals surface area contributed by atoms with Gasteiger partial charge in [0.2, 0.25) is 0 Å². The van der Waals surface area contributed by atoms with Gasteiger partial charge in [0.1, 0.15) is 12.4 Å². The highest BCUT2D eigenvalue weighted by molar-refractivity contribution is 5.28. The second-order valence-electron chi connectivity index (χ2n) is 4.27. The molecule has 19 heavy (non-hydrogen) atoms. The Balaban J connectivity index is 0.000000861. The van der Waals surface area contributed by atoms with E-state index in [-0.39, 0.29) is 0 Å². The molecule has 0 saturated carbocycles. The normalized spacial score (nSPS) is 9.47. The van der Waals surface area contributed by atoms with E-state index in [2.05, 4.69) is 50.2 Å². The fourth-order valence-corrected chi connectivity index (χ4v) is 1.67. The number of rotatable bonds is 4. The molecule has 0 saturated heterocycles. The van der Waals surface area contributed by atoms with Gasteiger partial charge in [0.15, 0.2) is 0 Å². The van der Waals surface area contributed by atoms with Crippen molar-refractivity contribution < 1.29 is 4.74 Å². The van der Waals surface area contributed by atoms with E-state index in [0.29, 0.717) is 6.61 Å². The fourth-order valence-electron chi connectivity index (χ4n) is 1.67. The molecule has 0 aliphatic rings. The van der Waals surface area contributed by atoms with Gasteiger partial charge in [-0.25, -0.2) is 0 Å². The van der Waals surface area contributed by atoms with Crippen LogP contribution in [0.1, 0.15) is 37.5 Å². The summed E-state index contributed by atoms with van der Waals surface area (Å²) in [7, 11) is 0. The predicted octanol–water partition coefficient (Wildman–Crippen LogP) is 5.16. The number of aryl methyl sites for hydroxylation is 2. The van der Waals surface area contributed by atoms with Crippen molar-refractivity contribution in [3.05, 3.63) is 65.2 Å². The largest absolute Gasteiger partial charge is 0.489 e. The molecule has 0 aliphatic heterocycles. The van der Waals surface area contributed by atoms with Crippen molar-refractivity contribution in [1.29, 1.82) is 0 Å². The average molecular weight is 256 g/mol. The van der Waals surface area contributed by atoms with Crippen LogP contribution < -0.4 is 4.74 Å². The lowest BCUT2D eigenvalue weighted by atomic mass is 10.1. The lowest BCUT2D eigenvalue weighted by molar-refractivity contribution is 0.306. The Hall–Kier alpha value is -1.76. The molecule has 102 valence electrons. The van der Waals surface area contributed by atoms with Gasteiger partial charge in [-0.1, -0.05) is 62.7 Å². The van der Waals surface area contributed by atoms with Gasteiger partial charge < -0.3 is 4.74 Å². The standard InChI is InChI=1S/C16H18O.C2H6/c1-3-14-8-10-16(11-9-14)17-12-15-6-4-13(2)5-7-15;1-2/h4-11H,3,12H2,1-2H3;1-2H3. The first-order valence-electron chi connectivity index (χ1n) is 7.05. The van der Waals surface area contributed by atoms with Crippen LogP contribution >= 0.6 is 0 Å². The van der Waals surface area contributed by atoms with Gasteiger partial charge >= 0.3 is 0 Å².